The molecule has 0 saturated carbocycles. The number of benzene rings is 1. The predicted molar refractivity (Wildman–Crippen MR) is 79.4 cm³/mol. The summed E-state index contributed by atoms with van der Waals surface area (Å²) in [5, 5.41) is 3.03. The van der Waals surface area contributed by atoms with Crippen LogP contribution < -0.4 is 10.0 Å². The first kappa shape index (κ1) is 19.9. The quantitative estimate of drug-likeness (QED) is 0.629. The van der Waals surface area contributed by atoms with Crippen LogP contribution in [-0.4, -0.2) is 28.1 Å². The molecule has 0 radical (unpaired) electrons. The summed E-state index contributed by atoms with van der Waals surface area (Å²) in [6.45, 7) is 1.19. The van der Waals surface area contributed by atoms with E-state index in [1.807, 2.05) is 0 Å². The van der Waals surface area contributed by atoms with Gasteiger partial charge >= 0.3 is 6.18 Å². The summed E-state index contributed by atoms with van der Waals surface area (Å²) >= 11 is 0. The van der Waals surface area contributed by atoms with Crippen molar-refractivity contribution in [2.24, 2.45) is 0 Å². The normalized spacial score (nSPS) is 15.7. The van der Waals surface area contributed by atoms with Crippen molar-refractivity contribution in [3.63, 3.8) is 0 Å². The van der Waals surface area contributed by atoms with E-state index in [-0.39, 0.29) is 25.0 Å². The van der Waals surface area contributed by atoms with E-state index in [0.717, 1.165) is 5.57 Å². The number of hydrogen-bond donors (Lipinski definition) is 2. The first-order valence-electron chi connectivity index (χ1n) is 6.45. The topological polar surface area (TPSA) is 58.2 Å². The monoisotopic (exact) mass is 374 g/mol. The van der Waals surface area contributed by atoms with Crippen LogP contribution in [0.3, 0.4) is 0 Å². The molecule has 0 spiro atoms. The molecular weight excluding hydrogens is 360 g/mol. The van der Waals surface area contributed by atoms with Gasteiger partial charge in [-0.3, -0.25) is 0 Å². The van der Waals surface area contributed by atoms with Crippen molar-refractivity contribution in [2.75, 3.05) is 19.6 Å². The number of sulfonamides is 1. The highest BCUT2D eigenvalue weighted by atomic mass is 35.5. The second-order valence-electron chi connectivity index (χ2n) is 4.78. The second kappa shape index (κ2) is 7.61. The Hall–Kier alpha value is -1.16. The molecule has 1 heterocycles. The molecule has 1 aliphatic rings. The highest BCUT2D eigenvalue weighted by Crippen LogP contribution is 2.34. The highest BCUT2D eigenvalue weighted by molar-refractivity contribution is 7.89. The molecule has 23 heavy (non-hydrogen) atoms. The molecule has 1 aromatic carbocycles. The molecule has 1 aliphatic heterocycles. The molecule has 0 bridgehead atoms. The van der Waals surface area contributed by atoms with Gasteiger partial charge < -0.3 is 5.32 Å². The SMILES string of the molecule is Cl.O=S(=O)(NCC1=CCNCC1)c1ccc(F)cc1C(F)(F)F. The van der Waals surface area contributed by atoms with Crippen molar-refractivity contribution in [3.8, 4) is 0 Å². The van der Waals surface area contributed by atoms with Gasteiger partial charge in [-0.25, -0.2) is 17.5 Å². The average Bonchev–Trinajstić information content (AvgIpc) is 2.45. The van der Waals surface area contributed by atoms with Crippen LogP contribution in [-0.2, 0) is 16.2 Å². The van der Waals surface area contributed by atoms with Gasteiger partial charge in [-0.15, -0.1) is 12.4 Å². The Morgan fingerprint density at radius 1 is 1.26 bits per heavy atom. The van der Waals surface area contributed by atoms with E-state index in [9.17, 15) is 26.0 Å². The largest absolute Gasteiger partial charge is 0.417 e. The molecule has 130 valence electrons. The van der Waals surface area contributed by atoms with Gasteiger partial charge in [-0.2, -0.15) is 13.2 Å². The minimum absolute atomic E-state index is 0. The minimum Gasteiger partial charge on any atom is -0.313 e. The number of rotatable bonds is 4. The van der Waals surface area contributed by atoms with Crippen LogP contribution in [0.5, 0.6) is 0 Å². The van der Waals surface area contributed by atoms with E-state index in [1.54, 1.807) is 6.08 Å². The van der Waals surface area contributed by atoms with Crippen LogP contribution in [0.2, 0.25) is 0 Å². The summed E-state index contributed by atoms with van der Waals surface area (Å²) in [6, 6.07) is 1.49. The highest BCUT2D eigenvalue weighted by Gasteiger charge is 2.37. The van der Waals surface area contributed by atoms with Crippen LogP contribution in [0.25, 0.3) is 0 Å². The van der Waals surface area contributed by atoms with Gasteiger partial charge in [0.15, 0.2) is 0 Å². The van der Waals surface area contributed by atoms with Gasteiger partial charge in [-0.1, -0.05) is 11.6 Å². The van der Waals surface area contributed by atoms with Gasteiger partial charge in [0.2, 0.25) is 10.0 Å². The predicted octanol–water partition coefficient (Wildman–Crippen LogP) is 2.46. The van der Waals surface area contributed by atoms with E-state index in [1.165, 1.54) is 0 Å². The third-order valence-electron chi connectivity index (χ3n) is 3.18. The summed E-state index contributed by atoms with van der Waals surface area (Å²) in [6.07, 6.45) is -2.57. The minimum atomic E-state index is -4.96. The van der Waals surface area contributed by atoms with E-state index in [4.69, 9.17) is 0 Å². The molecule has 0 atom stereocenters. The lowest BCUT2D eigenvalue weighted by molar-refractivity contribution is -0.140. The molecule has 0 aromatic heterocycles. The Morgan fingerprint density at radius 2 is 1.96 bits per heavy atom. The smallest absolute Gasteiger partial charge is 0.313 e. The Morgan fingerprint density at radius 3 is 2.52 bits per heavy atom. The fraction of sp³-hybridized carbons (Fsp3) is 0.385. The van der Waals surface area contributed by atoms with Crippen LogP contribution in [0.1, 0.15) is 12.0 Å². The number of nitrogens with one attached hydrogen (secondary N) is 2. The maximum atomic E-state index is 13.0. The fourth-order valence-electron chi connectivity index (χ4n) is 2.05. The van der Waals surface area contributed by atoms with Crippen LogP contribution in [0.15, 0.2) is 34.7 Å². The summed E-state index contributed by atoms with van der Waals surface area (Å²) in [4.78, 5) is -0.976. The van der Waals surface area contributed by atoms with Crippen molar-refractivity contribution in [1.82, 2.24) is 10.0 Å². The summed E-state index contributed by atoms with van der Waals surface area (Å²) < 4.78 is 77.9. The zero-order valence-electron chi connectivity index (χ0n) is 11.8. The number of hydrogen-bond acceptors (Lipinski definition) is 3. The first-order chi connectivity index (χ1) is 10.2. The molecule has 0 amide bonds. The third kappa shape index (κ3) is 5.17. The van der Waals surface area contributed by atoms with Crippen molar-refractivity contribution < 1.29 is 26.0 Å². The van der Waals surface area contributed by atoms with Gasteiger partial charge in [0, 0.05) is 13.1 Å². The maximum absolute atomic E-state index is 13.0. The van der Waals surface area contributed by atoms with Crippen LogP contribution in [0.4, 0.5) is 17.6 Å². The summed E-state index contributed by atoms with van der Waals surface area (Å²) in [7, 11) is -4.39. The number of halogens is 5. The van der Waals surface area contributed by atoms with Gasteiger partial charge in [0.25, 0.3) is 0 Å². The number of alkyl halides is 3. The Labute approximate surface area is 137 Å². The van der Waals surface area contributed by atoms with Crippen molar-refractivity contribution >= 4 is 22.4 Å². The lowest BCUT2D eigenvalue weighted by Crippen LogP contribution is -2.31. The maximum Gasteiger partial charge on any atom is 0.417 e. The Kier molecular flexibility index (Phi) is 6.58. The molecule has 0 unspecified atom stereocenters. The summed E-state index contributed by atoms with van der Waals surface area (Å²) in [5.41, 5.74) is -0.725. The third-order valence-corrected chi connectivity index (χ3v) is 4.64. The molecule has 10 heteroatoms. The van der Waals surface area contributed by atoms with Gasteiger partial charge in [-0.05, 0) is 31.2 Å². The molecule has 0 saturated heterocycles. The van der Waals surface area contributed by atoms with E-state index in [2.05, 4.69) is 10.0 Å². The first-order valence-corrected chi connectivity index (χ1v) is 7.93. The summed E-state index contributed by atoms with van der Waals surface area (Å²) in [5.74, 6) is -1.15. The van der Waals surface area contributed by atoms with Crippen molar-refractivity contribution in [2.45, 2.75) is 17.5 Å². The van der Waals surface area contributed by atoms with E-state index in [0.29, 0.717) is 31.6 Å². The molecular formula is C13H15ClF4N2O2S. The fourth-order valence-corrected chi connectivity index (χ4v) is 3.30. The van der Waals surface area contributed by atoms with Gasteiger partial charge in [0.1, 0.15) is 5.82 Å². The Bertz CT molecular complexity index is 690. The lowest BCUT2D eigenvalue weighted by Gasteiger charge is -2.17. The molecule has 1 aromatic rings. The van der Waals surface area contributed by atoms with E-state index < -0.39 is 32.5 Å². The second-order valence-corrected chi connectivity index (χ2v) is 6.51. The van der Waals surface area contributed by atoms with E-state index >= 15 is 0 Å². The van der Waals surface area contributed by atoms with Gasteiger partial charge in [0.05, 0.1) is 10.5 Å². The zero-order chi connectivity index (χ0) is 16.4. The zero-order valence-corrected chi connectivity index (χ0v) is 13.4. The molecule has 0 aliphatic carbocycles. The lowest BCUT2D eigenvalue weighted by atomic mass is 10.1. The average molecular weight is 375 g/mol. The standard InChI is InChI=1S/C13H14F4N2O2S.ClH/c14-10-1-2-12(11(7-10)13(15,16)17)22(20,21)19-8-9-3-5-18-6-4-9;/h1-3,7,18-19H,4-6,8H2;1H. The van der Waals surface area contributed by atoms with Crippen molar-refractivity contribution in [1.29, 1.82) is 0 Å². The molecule has 2 N–H and O–H groups in total. The molecule has 2 rings (SSSR count). The van der Waals surface area contributed by atoms with Crippen LogP contribution in [0, 0.1) is 5.82 Å². The molecule has 0 fully saturated rings. The van der Waals surface area contributed by atoms with Crippen LogP contribution >= 0.6 is 12.4 Å². The molecule has 4 nitrogen and oxygen atoms in total. The van der Waals surface area contributed by atoms with Crippen molar-refractivity contribution in [3.05, 3.63) is 41.2 Å². The Balaban J connectivity index is 0.00000264.